The Balaban J connectivity index is 1.15. The maximum atomic E-state index is 5.22. The summed E-state index contributed by atoms with van der Waals surface area (Å²) in [7, 11) is 0. The van der Waals surface area contributed by atoms with Gasteiger partial charge < -0.3 is 0 Å². The highest BCUT2D eigenvalue weighted by Crippen LogP contribution is 2.34. The second-order valence-corrected chi connectivity index (χ2v) is 15.3. The largest absolute Gasteiger partial charge is 0.213 e. The van der Waals surface area contributed by atoms with Gasteiger partial charge in [-0.25, -0.2) is 44.9 Å². The lowest BCUT2D eigenvalue weighted by atomic mass is 9.98. The fourth-order valence-electron chi connectivity index (χ4n) is 7.26. The average molecular weight is 814 g/mol. The first kappa shape index (κ1) is 38.8. The minimum Gasteiger partial charge on any atom is -0.213 e. The van der Waals surface area contributed by atoms with Crippen LogP contribution in [0.25, 0.3) is 102 Å². The lowest BCUT2D eigenvalue weighted by Crippen LogP contribution is -2.05. The van der Waals surface area contributed by atoms with Gasteiger partial charge in [-0.15, -0.1) is 0 Å². The predicted octanol–water partition coefficient (Wildman–Crippen LogP) is 12.4. The quantitative estimate of drug-likeness (QED) is 0.133. The van der Waals surface area contributed by atoms with Gasteiger partial charge in [0.2, 0.25) is 0 Å². The van der Waals surface area contributed by atoms with Crippen LogP contribution in [0, 0.1) is 0 Å². The highest BCUT2D eigenvalue weighted by atomic mass is 15.1. The van der Waals surface area contributed by atoms with Crippen molar-refractivity contribution in [1.29, 1.82) is 0 Å². The fourth-order valence-corrected chi connectivity index (χ4v) is 7.26. The van der Waals surface area contributed by atoms with E-state index in [9.17, 15) is 0 Å². The van der Waals surface area contributed by atoms with Crippen LogP contribution in [-0.4, -0.2) is 44.9 Å². The topological polar surface area (TPSA) is 116 Å². The minimum atomic E-state index is 0.0980. The number of aromatic nitrogens is 9. The zero-order valence-electron chi connectivity index (χ0n) is 34.6. The molecule has 9 heteroatoms. The molecule has 0 aliphatic carbocycles. The molecule has 9 nitrogen and oxygen atoms in total. The van der Waals surface area contributed by atoms with Crippen molar-refractivity contribution in [3.8, 4) is 102 Å². The highest BCUT2D eigenvalue weighted by molar-refractivity contribution is 5.80. The Bertz CT molecular complexity index is 3120. The molecular formula is C54H39N9. The smallest absolute Gasteiger partial charge is 0.164 e. The molecule has 0 fully saturated rings. The van der Waals surface area contributed by atoms with Crippen molar-refractivity contribution in [2.75, 3.05) is 0 Å². The van der Waals surface area contributed by atoms with Gasteiger partial charge in [0.15, 0.2) is 46.6 Å². The van der Waals surface area contributed by atoms with Crippen molar-refractivity contribution < 1.29 is 0 Å². The molecule has 10 aromatic rings. The molecule has 0 bridgehead atoms. The third-order valence-electron chi connectivity index (χ3n) is 10.5. The first-order chi connectivity index (χ1) is 31.0. The number of rotatable bonds is 10. The van der Waals surface area contributed by atoms with Gasteiger partial charge in [-0.1, -0.05) is 184 Å². The Labute approximate surface area is 365 Å². The van der Waals surface area contributed by atoms with E-state index in [2.05, 4.69) is 44.2 Å². The third-order valence-corrected chi connectivity index (χ3v) is 10.5. The Morgan fingerprint density at radius 2 is 0.460 bits per heavy atom. The molecule has 10 rings (SSSR count). The fraction of sp³-hybridized carbons (Fsp3) is 0.0556. The maximum Gasteiger partial charge on any atom is 0.164 e. The second-order valence-electron chi connectivity index (χ2n) is 15.3. The summed E-state index contributed by atoms with van der Waals surface area (Å²) in [6, 6.07) is 64.5. The highest BCUT2D eigenvalue weighted by Gasteiger charge is 2.19. The molecule has 3 aromatic heterocycles. The van der Waals surface area contributed by atoms with Gasteiger partial charge in [0.05, 0.1) is 0 Å². The minimum absolute atomic E-state index is 0.0980. The van der Waals surface area contributed by atoms with Crippen LogP contribution >= 0.6 is 0 Å². The lowest BCUT2D eigenvalue weighted by Gasteiger charge is -2.13. The zero-order valence-corrected chi connectivity index (χ0v) is 34.6. The lowest BCUT2D eigenvalue weighted by molar-refractivity contribution is 0.766. The van der Waals surface area contributed by atoms with Crippen molar-refractivity contribution in [2.45, 2.75) is 19.8 Å². The van der Waals surface area contributed by atoms with E-state index in [1.807, 2.05) is 164 Å². The van der Waals surface area contributed by atoms with E-state index in [0.29, 0.717) is 46.6 Å². The molecular weight excluding hydrogens is 775 g/mol. The molecule has 0 aliphatic rings. The summed E-state index contributed by atoms with van der Waals surface area (Å²) in [5.41, 5.74) is 8.74. The molecule has 0 saturated heterocycles. The number of benzene rings is 7. The molecule has 0 amide bonds. The summed E-state index contributed by atoms with van der Waals surface area (Å²) < 4.78 is 0. The summed E-state index contributed by atoms with van der Waals surface area (Å²) in [5, 5.41) is 0. The number of hydrogen-bond acceptors (Lipinski definition) is 9. The van der Waals surface area contributed by atoms with E-state index >= 15 is 0 Å². The predicted molar refractivity (Wildman–Crippen MR) is 250 cm³/mol. The van der Waals surface area contributed by atoms with E-state index in [1.165, 1.54) is 0 Å². The Morgan fingerprint density at radius 3 is 0.810 bits per heavy atom. The Morgan fingerprint density at radius 1 is 0.222 bits per heavy atom. The van der Waals surface area contributed by atoms with Crippen LogP contribution in [0.1, 0.15) is 25.6 Å². The standard InChI is InChI=1S/C54H39N9/c1-35(2)46-55-47(37-21-10-4-11-22-37)58-51(56-46)41-29-18-30-42(31-41)52-59-50(40-27-16-7-17-28-40)62-54(63-52)45-33-43(36-19-8-3-9-20-36)32-44(34-45)53-60-48(38-23-12-5-13-24-38)57-49(61-53)39-25-14-6-15-26-39/h3-35H,1-2H3. The van der Waals surface area contributed by atoms with Crippen molar-refractivity contribution in [1.82, 2.24) is 44.9 Å². The second kappa shape index (κ2) is 17.3. The van der Waals surface area contributed by atoms with Gasteiger partial charge >= 0.3 is 0 Å². The number of nitrogens with zero attached hydrogens (tertiary/aromatic N) is 9. The van der Waals surface area contributed by atoms with Crippen LogP contribution in [0.15, 0.2) is 194 Å². The van der Waals surface area contributed by atoms with E-state index in [0.717, 1.165) is 61.5 Å². The third kappa shape index (κ3) is 8.49. The average Bonchev–Trinajstić information content (AvgIpc) is 3.37. The Hall–Kier alpha value is -8.43. The van der Waals surface area contributed by atoms with Crippen LogP contribution in [0.5, 0.6) is 0 Å². The molecule has 0 aliphatic heterocycles. The molecule has 300 valence electrons. The zero-order chi connectivity index (χ0) is 42.5. The molecule has 0 unspecified atom stereocenters. The van der Waals surface area contributed by atoms with Crippen LogP contribution < -0.4 is 0 Å². The van der Waals surface area contributed by atoms with Crippen molar-refractivity contribution in [3.05, 3.63) is 200 Å². The van der Waals surface area contributed by atoms with Crippen LogP contribution in [0.3, 0.4) is 0 Å². The van der Waals surface area contributed by atoms with Gasteiger partial charge in [0.25, 0.3) is 0 Å². The Kier molecular flexibility index (Phi) is 10.6. The molecule has 0 radical (unpaired) electrons. The normalized spacial score (nSPS) is 11.2. The molecule has 0 N–H and O–H groups in total. The molecule has 7 aromatic carbocycles. The molecule has 3 heterocycles. The molecule has 63 heavy (non-hydrogen) atoms. The van der Waals surface area contributed by atoms with Gasteiger partial charge in [0, 0.05) is 50.4 Å². The first-order valence-electron chi connectivity index (χ1n) is 20.8. The van der Waals surface area contributed by atoms with E-state index in [-0.39, 0.29) is 5.92 Å². The molecule has 0 spiro atoms. The van der Waals surface area contributed by atoms with Crippen molar-refractivity contribution in [2.24, 2.45) is 0 Å². The van der Waals surface area contributed by atoms with E-state index in [4.69, 9.17) is 44.9 Å². The summed E-state index contributed by atoms with van der Waals surface area (Å²) >= 11 is 0. The van der Waals surface area contributed by atoms with E-state index in [1.54, 1.807) is 0 Å². The monoisotopic (exact) mass is 813 g/mol. The molecule has 0 saturated carbocycles. The van der Waals surface area contributed by atoms with E-state index < -0.39 is 0 Å². The van der Waals surface area contributed by atoms with Gasteiger partial charge in [-0.2, -0.15) is 0 Å². The summed E-state index contributed by atoms with van der Waals surface area (Å²) in [5.74, 6) is 5.25. The van der Waals surface area contributed by atoms with Crippen molar-refractivity contribution in [3.63, 3.8) is 0 Å². The number of hydrogen-bond donors (Lipinski definition) is 0. The van der Waals surface area contributed by atoms with Crippen molar-refractivity contribution >= 4 is 0 Å². The van der Waals surface area contributed by atoms with Crippen LogP contribution in [-0.2, 0) is 0 Å². The molecule has 0 atom stereocenters. The van der Waals surface area contributed by atoms with Gasteiger partial charge in [0.1, 0.15) is 5.82 Å². The van der Waals surface area contributed by atoms with Crippen LogP contribution in [0.4, 0.5) is 0 Å². The maximum absolute atomic E-state index is 5.22. The summed E-state index contributed by atoms with van der Waals surface area (Å²) in [6.45, 7) is 4.18. The summed E-state index contributed by atoms with van der Waals surface area (Å²) in [6.07, 6.45) is 0. The summed E-state index contributed by atoms with van der Waals surface area (Å²) in [4.78, 5) is 45.3. The first-order valence-corrected chi connectivity index (χ1v) is 20.8. The van der Waals surface area contributed by atoms with Crippen LogP contribution in [0.2, 0.25) is 0 Å². The van der Waals surface area contributed by atoms with Gasteiger partial charge in [-0.05, 0) is 35.4 Å². The van der Waals surface area contributed by atoms with Gasteiger partial charge in [-0.3, -0.25) is 0 Å². The SMILES string of the molecule is CC(C)c1nc(-c2ccccc2)nc(-c2cccc(-c3nc(-c4ccccc4)nc(-c4cc(-c5ccccc5)cc(-c5nc(-c6ccccc6)nc(-c6ccccc6)n5)c4)n3)c2)n1.